The number of allylic oxidation sites excluding steroid dienone is 18. The van der Waals surface area contributed by atoms with E-state index < -0.39 is 32.5 Å². The van der Waals surface area contributed by atoms with Crippen LogP contribution in [0.3, 0.4) is 0 Å². The molecule has 0 aromatic heterocycles. The van der Waals surface area contributed by atoms with E-state index in [4.69, 9.17) is 24.3 Å². The van der Waals surface area contributed by atoms with Gasteiger partial charge in [-0.3, -0.25) is 18.6 Å². The van der Waals surface area contributed by atoms with Gasteiger partial charge in [0.15, 0.2) is 6.10 Å². The zero-order chi connectivity index (χ0) is 48.8. The fourth-order valence-electron chi connectivity index (χ4n) is 6.80. The van der Waals surface area contributed by atoms with Gasteiger partial charge in [-0.1, -0.05) is 220 Å². The van der Waals surface area contributed by atoms with Gasteiger partial charge in [0.05, 0.1) is 13.2 Å². The minimum atomic E-state index is -4.38. The number of unbranched alkanes of at least 4 members (excludes halogenated alkanes) is 17. The molecule has 0 aliphatic rings. The number of phosphoric ester groups is 1. The normalized spacial score (nSPS) is 14.0. The lowest BCUT2D eigenvalue weighted by molar-refractivity contribution is -0.161. The summed E-state index contributed by atoms with van der Waals surface area (Å²) in [6.07, 6.45) is 70.3. The number of nitrogens with two attached hydrogens (primary N) is 1. The Hall–Kier alpha value is -3.33. The molecule has 0 aromatic rings. The van der Waals surface area contributed by atoms with Crippen molar-refractivity contribution in [2.75, 3.05) is 26.4 Å². The average molecular weight is 954 g/mol. The maximum atomic E-state index is 12.6. The number of esters is 2. The van der Waals surface area contributed by atoms with E-state index in [0.717, 1.165) is 109 Å². The molecule has 0 aliphatic carbocycles. The number of hydrogen-bond acceptors (Lipinski definition) is 8. The van der Waals surface area contributed by atoms with Crippen LogP contribution in [-0.4, -0.2) is 49.3 Å². The van der Waals surface area contributed by atoms with Gasteiger partial charge in [0, 0.05) is 19.4 Å². The minimum absolute atomic E-state index is 0.0495. The summed E-state index contributed by atoms with van der Waals surface area (Å²) in [5.41, 5.74) is 5.34. The molecule has 0 fully saturated rings. The summed E-state index contributed by atoms with van der Waals surface area (Å²) in [5.74, 6) is -0.843. The first-order valence-corrected chi connectivity index (χ1v) is 27.9. The van der Waals surface area contributed by atoms with E-state index in [0.29, 0.717) is 6.42 Å². The molecule has 3 N–H and O–H groups in total. The number of carbonyl (C=O) groups is 2. The Kier molecular flexibility index (Phi) is 49.5. The van der Waals surface area contributed by atoms with Crippen molar-refractivity contribution in [2.24, 2.45) is 5.73 Å². The Balaban J connectivity index is 3.87. The maximum Gasteiger partial charge on any atom is 0.472 e. The first-order chi connectivity index (χ1) is 32.8. The third-order valence-electron chi connectivity index (χ3n) is 10.7. The third kappa shape index (κ3) is 51.9. The van der Waals surface area contributed by atoms with Gasteiger partial charge < -0.3 is 20.1 Å². The summed E-state index contributed by atoms with van der Waals surface area (Å²) in [7, 11) is -4.38. The Morgan fingerprint density at radius 3 is 1.22 bits per heavy atom. The molecule has 0 saturated carbocycles. The van der Waals surface area contributed by atoms with Crippen molar-refractivity contribution in [3.8, 4) is 0 Å². The van der Waals surface area contributed by atoms with Gasteiger partial charge in [-0.25, -0.2) is 4.57 Å². The van der Waals surface area contributed by atoms with Crippen LogP contribution in [0.1, 0.15) is 206 Å². The van der Waals surface area contributed by atoms with Crippen molar-refractivity contribution in [2.45, 2.75) is 213 Å². The van der Waals surface area contributed by atoms with Crippen LogP contribution in [0, 0.1) is 0 Å². The zero-order valence-electron chi connectivity index (χ0n) is 42.3. The Morgan fingerprint density at radius 1 is 0.463 bits per heavy atom. The van der Waals surface area contributed by atoms with Gasteiger partial charge in [0.2, 0.25) is 0 Å². The van der Waals surface area contributed by atoms with E-state index in [1.54, 1.807) is 0 Å². The van der Waals surface area contributed by atoms with Crippen molar-refractivity contribution in [3.05, 3.63) is 109 Å². The highest BCUT2D eigenvalue weighted by atomic mass is 31.2. The summed E-state index contributed by atoms with van der Waals surface area (Å²) in [4.78, 5) is 34.8. The molecule has 0 radical (unpaired) electrons. The SMILES string of the molecule is CC/C=C\C/C=C\C/C=C\C/C=C\C/C=C\C/C=C\C/C=C\C/C=C\C/C=C\CCCCCCCCCCCCCC(=O)OC(COC(=O)CCCCCCCCC)COP(=O)(O)OCCN. The molecule has 10 heteroatoms. The highest BCUT2D eigenvalue weighted by molar-refractivity contribution is 7.47. The number of hydrogen-bond donors (Lipinski definition) is 2. The molecule has 0 rings (SSSR count). The smallest absolute Gasteiger partial charge is 0.462 e. The van der Waals surface area contributed by atoms with Crippen molar-refractivity contribution in [3.63, 3.8) is 0 Å². The minimum Gasteiger partial charge on any atom is -0.462 e. The molecule has 382 valence electrons. The van der Waals surface area contributed by atoms with Crippen LogP contribution >= 0.6 is 7.82 Å². The van der Waals surface area contributed by atoms with Crippen LogP contribution in [0.15, 0.2) is 109 Å². The van der Waals surface area contributed by atoms with E-state index in [1.165, 1.54) is 64.2 Å². The summed E-state index contributed by atoms with van der Waals surface area (Å²) in [5, 5.41) is 0. The van der Waals surface area contributed by atoms with Crippen molar-refractivity contribution >= 4 is 19.8 Å². The summed E-state index contributed by atoms with van der Waals surface area (Å²) >= 11 is 0. The maximum absolute atomic E-state index is 12.6. The van der Waals surface area contributed by atoms with Crippen LogP contribution in [0.25, 0.3) is 0 Å². The van der Waals surface area contributed by atoms with Crippen molar-refractivity contribution in [1.29, 1.82) is 0 Å². The first-order valence-electron chi connectivity index (χ1n) is 26.4. The highest BCUT2D eigenvalue weighted by Gasteiger charge is 2.26. The van der Waals surface area contributed by atoms with E-state index in [-0.39, 0.29) is 32.6 Å². The van der Waals surface area contributed by atoms with Crippen molar-refractivity contribution < 1.29 is 37.6 Å². The number of rotatable bonds is 48. The molecule has 0 amide bonds. The molecule has 2 atom stereocenters. The van der Waals surface area contributed by atoms with Crippen LogP contribution in [0.4, 0.5) is 0 Å². The Labute approximate surface area is 409 Å². The Bertz CT molecular complexity index is 1460. The van der Waals surface area contributed by atoms with E-state index >= 15 is 0 Å². The second kappa shape index (κ2) is 52.0. The average Bonchev–Trinajstić information content (AvgIpc) is 3.32. The fraction of sp³-hybridized carbons (Fsp3) is 0.649. The molecule has 0 saturated heterocycles. The molecule has 0 bridgehead atoms. The zero-order valence-corrected chi connectivity index (χ0v) is 43.2. The van der Waals surface area contributed by atoms with Crippen LogP contribution < -0.4 is 5.73 Å². The summed E-state index contributed by atoms with van der Waals surface area (Å²) in [6, 6.07) is 0. The molecule has 67 heavy (non-hydrogen) atoms. The molecule has 0 spiro atoms. The predicted molar refractivity (Wildman–Crippen MR) is 284 cm³/mol. The van der Waals surface area contributed by atoms with Crippen molar-refractivity contribution in [1.82, 2.24) is 0 Å². The third-order valence-corrected chi connectivity index (χ3v) is 11.7. The first kappa shape index (κ1) is 63.7. The monoisotopic (exact) mass is 954 g/mol. The molecular weight excluding hydrogens is 858 g/mol. The summed E-state index contributed by atoms with van der Waals surface area (Å²) in [6.45, 7) is 3.55. The number of carbonyl (C=O) groups excluding carboxylic acids is 2. The largest absolute Gasteiger partial charge is 0.472 e. The second-order valence-corrected chi connectivity index (χ2v) is 18.5. The number of ether oxygens (including phenoxy) is 2. The lowest BCUT2D eigenvalue weighted by Gasteiger charge is -2.19. The van der Waals surface area contributed by atoms with Gasteiger partial charge >= 0.3 is 19.8 Å². The molecule has 9 nitrogen and oxygen atoms in total. The van der Waals surface area contributed by atoms with E-state index in [1.807, 2.05) is 0 Å². The van der Waals surface area contributed by atoms with E-state index in [9.17, 15) is 19.0 Å². The second-order valence-electron chi connectivity index (χ2n) is 17.0. The van der Waals surface area contributed by atoms with E-state index in [2.05, 4.69) is 123 Å². The predicted octanol–water partition coefficient (Wildman–Crippen LogP) is 16.3. The highest BCUT2D eigenvalue weighted by Crippen LogP contribution is 2.43. The quantitative estimate of drug-likeness (QED) is 0.0264. The topological polar surface area (TPSA) is 134 Å². The van der Waals surface area contributed by atoms with Crippen LogP contribution in [0.2, 0.25) is 0 Å². The molecule has 0 aliphatic heterocycles. The lowest BCUT2D eigenvalue weighted by Crippen LogP contribution is -2.29. The van der Waals surface area contributed by atoms with Gasteiger partial charge in [-0.2, -0.15) is 0 Å². The number of phosphoric acid groups is 1. The molecule has 2 unspecified atom stereocenters. The lowest BCUT2D eigenvalue weighted by atomic mass is 10.0. The van der Waals surface area contributed by atoms with Crippen LogP contribution in [-0.2, 0) is 32.7 Å². The molecule has 0 heterocycles. The molecular formula is C57H96NO8P. The van der Waals surface area contributed by atoms with Gasteiger partial charge in [0.1, 0.15) is 6.61 Å². The van der Waals surface area contributed by atoms with Gasteiger partial charge in [-0.05, 0) is 83.5 Å². The molecule has 0 aromatic carbocycles. The van der Waals surface area contributed by atoms with Gasteiger partial charge in [-0.15, -0.1) is 0 Å². The Morgan fingerprint density at radius 2 is 0.821 bits per heavy atom. The summed E-state index contributed by atoms with van der Waals surface area (Å²) < 4.78 is 32.7. The van der Waals surface area contributed by atoms with Crippen LogP contribution in [0.5, 0.6) is 0 Å². The fourth-order valence-corrected chi connectivity index (χ4v) is 7.57. The standard InChI is InChI=1S/C57H96NO8P/c1-3-5-7-9-11-12-13-14-15-16-17-18-19-20-21-22-23-24-25-26-27-28-29-30-31-32-33-34-35-36-37-38-39-40-41-42-44-46-48-50-57(60)66-55(54-65-67(61,62)64-52-51-58)53-63-56(59)49-47-45-43-10-8-6-4-2/h5,7,11-12,14-15,17-18,20-21,23-24,26-27,29-30,32-33,55H,3-4,6,8-10,13,16,19,22,25,28,31,34-54,58H2,1-2H3,(H,61,62)/b7-5-,12-11-,15-14-,18-17-,21-20-,24-23-,27-26-,30-29-,33-32-. The van der Waals surface area contributed by atoms with Gasteiger partial charge in [0.25, 0.3) is 0 Å².